The number of carbonyl (C=O) groups is 2. The zero-order valence-electron chi connectivity index (χ0n) is 11.8. The number of amides is 1. The molecule has 6 nitrogen and oxygen atoms in total. The quantitative estimate of drug-likeness (QED) is 0.749. The number of hydrogen-bond acceptors (Lipinski definition) is 5. The van der Waals surface area contributed by atoms with E-state index < -0.39 is 0 Å². The van der Waals surface area contributed by atoms with Gasteiger partial charge in [-0.15, -0.1) is 0 Å². The molecular formula is C14H20N2O4. The Kier molecular flexibility index (Phi) is 6.66. The summed E-state index contributed by atoms with van der Waals surface area (Å²) in [6.07, 6.45) is 3.77. The molecule has 20 heavy (non-hydrogen) atoms. The topological polar surface area (TPSA) is 79.7 Å². The number of esters is 1. The Labute approximate surface area is 118 Å². The van der Waals surface area contributed by atoms with Crippen molar-refractivity contribution in [3.63, 3.8) is 0 Å². The number of aliphatic hydroxyl groups excluding tert-OH is 1. The van der Waals surface area contributed by atoms with E-state index in [1.165, 1.54) is 24.4 Å². The molecule has 0 saturated heterocycles. The summed E-state index contributed by atoms with van der Waals surface area (Å²) in [6, 6.07) is 2.90. The first kappa shape index (κ1) is 16.1. The van der Waals surface area contributed by atoms with Gasteiger partial charge >= 0.3 is 5.97 Å². The molecule has 0 fully saturated rings. The molecule has 1 N–H and O–H groups in total. The van der Waals surface area contributed by atoms with Crippen molar-refractivity contribution in [2.45, 2.75) is 25.8 Å². The predicted octanol–water partition coefficient (Wildman–Crippen LogP) is 0.858. The van der Waals surface area contributed by atoms with E-state index in [2.05, 4.69) is 9.72 Å². The van der Waals surface area contributed by atoms with Crippen molar-refractivity contribution >= 4 is 11.9 Å². The fourth-order valence-electron chi connectivity index (χ4n) is 1.87. The molecule has 0 aliphatic heterocycles. The van der Waals surface area contributed by atoms with Crippen LogP contribution in [0.1, 0.15) is 30.1 Å². The van der Waals surface area contributed by atoms with E-state index in [9.17, 15) is 14.7 Å². The summed E-state index contributed by atoms with van der Waals surface area (Å²) in [7, 11) is 1.31. The molecular weight excluding hydrogens is 260 g/mol. The Morgan fingerprint density at radius 1 is 1.40 bits per heavy atom. The number of carbonyl (C=O) groups excluding carboxylic acids is 2. The lowest BCUT2D eigenvalue weighted by molar-refractivity contribution is -0.140. The van der Waals surface area contributed by atoms with Gasteiger partial charge in [-0.25, -0.2) is 0 Å². The van der Waals surface area contributed by atoms with Crippen molar-refractivity contribution in [2.24, 2.45) is 0 Å². The van der Waals surface area contributed by atoms with E-state index in [0.717, 1.165) is 0 Å². The van der Waals surface area contributed by atoms with Gasteiger partial charge in [0.15, 0.2) is 0 Å². The van der Waals surface area contributed by atoms with Crippen LogP contribution in [0.25, 0.3) is 0 Å². The minimum absolute atomic E-state index is 0.101. The molecule has 1 aromatic heterocycles. The molecule has 0 aromatic carbocycles. The van der Waals surface area contributed by atoms with Gasteiger partial charge in [-0.3, -0.25) is 14.6 Å². The van der Waals surface area contributed by atoms with Gasteiger partial charge in [0.2, 0.25) is 0 Å². The second-order valence-electron chi connectivity index (χ2n) is 4.31. The van der Waals surface area contributed by atoms with Crippen LogP contribution >= 0.6 is 0 Å². The minimum Gasteiger partial charge on any atom is -0.469 e. The largest absolute Gasteiger partial charge is 0.469 e. The van der Waals surface area contributed by atoms with Crippen LogP contribution in [0.15, 0.2) is 24.5 Å². The van der Waals surface area contributed by atoms with Crippen molar-refractivity contribution in [1.82, 2.24) is 9.88 Å². The molecule has 0 bridgehead atoms. The average Bonchev–Trinajstić information content (AvgIpc) is 2.51. The molecule has 0 saturated carbocycles. The Morgan fingerprint density at radius 3 is 2.55 bits per heavy atom. The predicted molar refractivity (Wildman–Crippen MR) is 73.1 cm³/mol. The minimum atomic E-state index is -0.384. The summed E-state index contributed by atoms with van der Waals surface area (Å²) in [4.78, 5) is 29.1. The smallest absolute Gasteiger partial charge is 0.307 e. The molecule has 1 aromatic rings. The lowest BCUT2D eigenvalue weighted by Crippen LogP contribution is -2.43. The van der Waals surface area contributed by atoms with E-state index in [1.807, 2.05) is 6.92 Å². The maximum atomic E-state index is 12.4. The molecule has 6 heteroatoms. The Hall–Kier alpha value is -1.95. The lowest BCUT2D eigenvalue weighted by atomic mass is 10.1. The number of nitrogens with zero attached hydrogens (tertiary/aromatic N) is 2. The fraction of sp³-hybridized carbons (Fsp3) is 0.500. The fourth-order valence-corrected chi connectivity index (χ4v) is 1.87. The maximum absolute atomic E-state index is 12.4. The number of rotatable bonds is 7. The highest BCUT2D eigenvalue weighted by Crippen LogP contribution is 2.11. The third-order valence-corrected chi connectivity index (χ3v) is 3.10. The van der Waals surface area contributed by atoms with Gasteiger partial charge in [0, 0.05) is 24.5 Å². The monoisotopic (exact) mass is 280 g/mol. The van der Waals surface area contributed by atoms with Crippen LogP contribution in [0.5, 0.6) is 0 Å². The average molecular weight is 280 g/mol. The van der Waals surface area contributed by atoms with Crippen molar-refractivity contribution < 1.29 is 19.4 Å². The van der Waals surface area contributed by atoms with Crippen LogP contribution in [-0.4, -0.2) is 53.2 Å². The van der Waals surface area contributed by atoms with Crippen LogP contribution in [0.4, 0.5) is 0 Å². The highest BCUT2D eigenvalue weighted by molar-refractivity contribution is 5.94. The zero-order chi connectivity index (χ0) is 15.0. The highest BCUT2D eigenvalue weighted by atomic mass is 16.5. The van der Waals surface area contributed by atoms with Crippen molar-refractivity contribution in [3.05, 3.63) is 30.1 Å². The molecule has 110 valence electrons. The molecule has 1 heterocycles. The van der Waals surface area contributed by atoms with Crippen molar-refractivity contribution in [3.8, 4) is 0 Å². The SMILES string of the molecule is CCC(CO)N(CCC(=O)OC)C(=O)c1ccncc1. The number of methoxy groups -OCH3 is 1. The first-order valence-corrected chi connectivity index (χ1v) is 6.52. The lowest BCUT2D eigenvalue weighted by Gasteiger charge is -2.29. The summed E-state index contributed by atoms with van der Waals surface area (Å²) >= 11 is 0. The van der Waals surface area contributed by atoms with E-state index in [1.54, 1.807) is 12.1 Å². The summed E-state index contributed by atoms with van der Waals surface area (Å²) in [6.45, 7) is 1.95. The van der Waals surface area contributed by atoms with Crippen LogP contribution in [0, 0.1) is 0 Å². The van der Waals surface area contributed by atoms with Gasteiger partial charge in [0.25, 0.3) is 5.91 Å². The third-order valence-electron chi connectivity index (χ3n) is 3.10. The normalized spacial score (nSPS) is 11.8. The van der Waals surface area contributed by atoms with Gasteiger partial charge in [-0.2, -0.15) is 0 Å². The van der Waals surface area contributed by atoms with E-state index >= 15 is 0 Å². The molecule has 1 rings (SSSR count). The number of pyridine rings is 1. The summed E-state index contributed by atoms with van der Waals surface area (Å²) in [5.74, 6) is -0.609. The summed E-state index contributed by atoms with van der Waals surface area (Å²) in [5, 5.41) is 9.39. The number of aromatic nitrogens is 1. The van der Waals surface area contributed by atoms with Crippen LogP contribution in [0.3, 0.4) is 0 Å². The van der Waals surface area contributed by atoms with Gasteiger partial charge in [0.05, 0.1) is 26.2 Å². The van der Waals surface area contributed by atoms with Gasteiger partial charge in [-0.05, 0) is 18.6 Å². The molecule has 0 aliphatic rings. The van der Waals surface area contributed by atoms with Crippen molar-refractivity contribution in [1.29, 1.82) is 0 Å². The number of ether oxygens (including phenoxy) is 1. The van der Waals surface area contributed by atoms with E-state index in [-0.39, 0.29) is 37.5 Å². The van der Waals surface area contributed by atoms with Gasteiger partial charge in [-0.1, -0.05) is 6.92 Å². The standard InChI is InChI=1S/C14H20N2O4/c1-3-12(10-17)16(9-6-13(18)20-2)14(19)11-4-7-15-8-5-11/h4-5,7-8,12,17H,3,6,9-10H2,1-2H3. The Balaban J connectivity index is 2.86. The van der Waals surface area contributed by atoms with Crippen molar-refractivity contribution in [2.75, 3.05) is 20.3 Å². The maximum Gasteiger partial charge on any atom is 0.307 e. The number of aliphatic hydroxyl groups is 1. The van der Waals surface area contributed by atoms with Gasteiger partial charge < -0.3 is 14.7 Å². The highest BCUT2D eigenvalue weighted by Gasteiger charge is 2.23. The van der Waals surface area contributed by atoms with E-state index in [4.69, 9.17) is 0 Å². The molecule has 0 radical (unpaired) electrons. The first-order chi connectivity index (χ1) is 9.63. The molecule has 0 spiro atoms. The third kappa shape index (κ3) is 4.31. The second kappa shape index (κ2) is 8.27. The summed E-state index contributed by atoms with van der Waals surface area (Å²) < 4.78 is 4.58. The summed E-state index contributed by atoms with van der Waals surface area (Å²) in [5.41, 5.74) is 0.483. The van der Waals surface area contributed by atoms with Crippen LogP contribution in [0.2, 0.25) is 0 Å². The molecule has 1 amide bonds. The Morgan fingerprint density at radius 2 is 2.05 bits per heavy atom. The zero-order valence-corrected chi connectivity index (χ0v) is 11.8. The second-order valence-corrected chi connectivity index (χ2v) is 4.31. The van der Waals surface area contributed by atoms with E-state index in [0.29, 0.717) is 12.0 Å². The van der Waals surface area contributed by atoms with Crippen LogP contribution < -0.4 is 0 Å². The molecule has 0 aliphatic carbocycles. The Bertz CT molecular complexity index is 432. The molecule has 1 atom stereocenters. The first-order valence-electron chi connectivity index (χ1n) is 6.52. The molecule has 1 unspecified atom stereocenters. The van der Waals surface area contributed by atoms with Gasteiger partial charge in [0.1, 0.15) is 0 Å². The van der Waals surface area contributed by atoms with Crippen LogP contribution in [-0.2, 0) is 9.53 Å². The number of hydrogen-bond donors (Lipinski definition) is 1.